The van der Waals surface area contributed by atoms with Crippen LogP contribution < -0.4 is 14.8 Å². The highest BCUT2D eigenvalue weighted by Crippen LogP contribution is 2.29. The number of rotatable bonds is 5. The number of halogens is 3. The molecule has 2 aromatic rings. The third-order valence-corrected chi connectivity index (χ3v) is 3.31. The first-order chi connectivity index (χ1) is 12.4. The molecule has 0 aliphatic carbocycles. The number of para-hydroxylation sites is 2. The molecule has 0 aliphatic heterocycles. The highest BCUT2D eigenvalue weighted by molar-refractivity contribution is 5.94. The van der Waals surface area contributed by atoms with Gasteiger partial charge in [0.05, 0.1) is 19.2 Å². The number of alkyl halides is 3. The fourth-order valence-corrected chi connectivity index (χ4v) is 2.00. The molecule has 0 spiro atoms. The molecule has 4 nitrogen and oxygen atoms in total. The summed E-state index contributed by atoms with van der Waals surface area (Å²) in [4.78, 5) is 11.8. The first kappa shape index (κ1) is 19.2. The number of ether oxygens (including phenoxy) is 2. The summed E-state index contributed by atoms with van der Waals surface area (Å²) in [5, 5.41) is 2.50. The average Bonchev–Trinajstić information content (AvgIpc) is 2.64. The summed E-state index contributed by atoms with van der Waals surface area (Å²) in [6, 6.07) is 11.1. The van der Waals surface area contributed by atoms with Crippen molar-refractivity contribution < 1.29 is 27.4 Å². The summed E-state index contributed by atoms with van der Waals surface area (Å²) in [6.07, 6.45) is -4.43. The van der Waals surface area contributed by atoms with Gasteiger partial charge in [0, 0.05) is 5.56 Å². The number of methoxy groups -OCH3 is 1. The third-order valence-electron chi connectivity index (χ3n) is 3.31. The molecule has 26 heavy (non-hydrogen) atoms. The Morgan fingerprint density at radius 3 is 2.31 bits per heavy atom. The average molecular weight is 363 g/mol. The fourth-order valence-electron chi connectivity index (χ4n) is 2.00. The largest absolute Gasteiger partial charge is 0.493 e. The second-order valence-electron chi connectivity index (χ2n) is 5.05. The van der Waals surface area contributed by atoms with Gasteiger partial charge in [0.25, 0.3) is 5.91 Å². The lowest BCUT2D eigenvalue weighted by molar-refractivity contribution is -0.137. The summed E-state index contributed by atoms with van der Waals surface area (Å²) in [5.41, 5.74) is -0.674. The lowest BCUT2D eigenvalue weighted by Crippen LogP contribution is -2.23. The van der Waals surface area contributed by atoms with E-state index in [2.05, 4.69) is 17.2 Å². The van der Waals surface area contributed by atoms with Crippen LogP contribution in [0.2, 0.25) is 0 Å². The van der Waals surface area contributed by atoms with E-state index in [9.17, 15) is 18.0 Å². The normalized spacial score (nSPS) is 10.5. The topological polar surface area (TPSA) is 47.6 Å². The summed E-state index contributed by atoms with van der Waals surface area (Å²) < 4.78 is 48.0. The van der Waals surface area contributed by atoms with Gasteiger partial charge in [-0.1, -0.05) is 24.0 Å². The number of nitrogens with one attached hydrogen (secondary N) is 1. The van der Waals surface area contributed by atoms with Gasteiger partial charge in [-0.15, -0.1) is 0 Å². The molecular weight excluding hydrogens is 347 g/mol. The van der Waals surface area contributed by atoms with Crippen LogP contribution in [-0.4, -0.2) is 26.2 Å². The number of amides is 1. The molecule has 0 radical (unpaired) electrons. The zero-order chi connectivity index (χ0) is 19.0. The van der Waals surface area contributed by atoms with Gasteiger partial charge in [-0.25, -0.2) is 0 Å². The predicted octanol–water partition coefficient (Wildman–Crippen LogP) is 3.53. The maximum atomic E-state index is 12.5. The Bertz CT molecular complexity index is 805. The van der Waals surface area contributed by atoms with Gasteiger partial charge >= 0.3 is 6.18 Å². The number of hydrogen-bond donors (Lipinski definition) is 1. The van der Waals surface area contributed by atoms with Crippen LogP contribution in [0, 0.1) is 11.8 Å². The molecule has 0 fully saturated rings. The second-order valence-corrected chi connectivity index (χ2v) is 5.05. The van der Waals surface area contributed by atoms with Gasteiger partial charge in [-0.3, -0.25) is 4.79 Å². The first-order valence-corrected chi connectivity index (χ1v) is 7.59. The zero-order valence-electron chi connectivity index (χ0n) is 13.9. The molecule has 136 valence electrons. The Morgan fingerprint density at radius 2 is 1.69 bits per heavy atom. The van der Waals surface area contributed by atoms with Gasteiger partial charge < -0.3 is 14.8 Å². The van der Waals surface area contributed by atoms with Crippen LogP contribution in [-0.2, 0) is 6.18 Å². The van der Waals surface area contributed by atoms with Gasteiger partial charge in [-0.2, -0.15) is 13.2 Å². The Kier molecular flexibility index (Phi) is 6.50. The number of hydrogen-bond acceptors (Lipinski definition) is 3. The minimum absolute atomic E-state index is 0.0507. The van der Waals surface area contributed by atoms with Gasteiger partial charge in [0.15, 0.2) is 11.5 Å². The molecule has 2 rings (SSSR count). The molecule has 0 bridgehead atoms. The second kappa shape index (κ2) is 8.81. The molecule has 0 saturated carbocycles. The SMILES string of the molecule is COc1ccccc1OCC#CCNC(=O)c1ccc(C(F)(F)F)cc1. The molecule has 1 N–H and O–H groups in total. The van der Waals surface area contributed by atoms with Crippen molar-refractivity contribution >= 4 is 5.91 Å². The lowest BCUT2D eigenvalue weighted by Gasteiger charge is -2.07. The Morgan fingerprint density at radius 1 is 1.04 bits per heavy atom. The van der Waals surface area contributed by atoms with E-state index in [4.69, 9.17) is 9.47 Å². The molecule has 0 aromatic heterocycles. The van der Waals surface area contributed by atoms with Crippen molar-refractivity contribution in [2.45, 2.75) is 6.18 Å². The van der Waals surface area contributed by atoms with Crippen molar-refractivity contribution in [2.75, 3.05) is 20.3 Å². The van der Waals surface area contributed by atoms with Crippen LogP contribution in [0.3, 0.4) is 0 Å². The minimum atomic E-state index is -4.43. The van der Waals surface area contributed by atoms with E-state index in [0.29, 0.717) is 11.5 Å². The Labute approximate surface area is 148 Å². The van der Waals surface area contributed by atoms with E-state index in [0.717, 1.165) is 24.3 Å². The Balaban J connectivity index is 1.79. The minimum Gasteiger partial charge on any atom is -0.493 e. The van der Waals surface area contributed by atoms with Crippen LogP contribution in [0.4, 0.5) is 13.2 Å². The van der Waals surface area contributed by atoms with Crippen molar-refractivity contribution in [3.63, 3.8) is 0 Å². The lowest BCUT2D eigenvalue weighted by atomic mass is 10.1. The quantitative estimate of drug-likeness (QED) is 0.827. The summed E-state index contributed by atoms with van der Waals surface area (Å²) in [5.74, 6) is 6.07. The monoisotopic (exact) mass is 363 g/mol. The number of carbonyl (C=O) groups is 1. The smallest absolute Gasteiger partial charge is 0.416 e. The molecule has 0 aliphatic rings. The van der Waals surface area contributed by atoms with Crippen LogP contribution in [0.25, 0.3) is 0 Å². The van der Waals surface area contributed by atoms with Crippen molar-refractivity contribution in [1.82, 2.24) is 5.32 Å². The van der Waals surface area contributed by atoms with E-state index in [1.165, 1.54) is 7.11 Å². The van der Waals surface area contributed by atoms with E-state index < -0.39 is 17.6 Å². The molecule has 0 unspecified atom stereocenters. The maximum absolute atomic E-state index is 12.5. The van der Waals surface area contributed by atoms with Crippen molar-refractivity contribution in [2.24, 2.45) is 0 Å². The molecular formula is C19H16F3NO3. The predicted molar refractivity (Wildman–Crippen MR) is 90.0 cm³/mol. The highest BCUT2D eigenvalue weighted by atomic mass is 19.4. The number of benzene rings is 2. The van der Waals surface area contributed by atoms with Crippen LogP contribution in [0.1, 0.15) is 15.9 Å². The molecule has 1 amide bonds. The van der Waals surface area contributed by atoms with Crippen LogP contribution in [0.15, 0.2) is 48.5 Å². The Hall–Kier alpha value is -3.14. The first-order valence-electron chi connectivity index (χ1n) is 7.59. The fraction of sp³-hybridized carbons (Fsp3) is 0.211. The van der Waals surface area contributed by atoms with Crippen molar-refractivity contribution in [3.05, 3.63) is 59.7 Å². The molecule has 0 saturated heterocycles. The van der Waals surface area contributed by atoms with Crippen LogP contribution >= 0.6 is 0 Å². The van der Waals surface area contributed by atoms with Crippen molar-refractivity contribution in [1.29, 1.82) is 0 Å². The van der Waals surface area contributed by atoms with Gasteiger partial charge in [0.2, 0.25) is 0 Å². The van der Waals surface area contributed by atoms with Crippen molar-refractivity contribution in [3.8, 4) is 23.3 Å². The van der Waals surface area contributed by atoms with E-state index in [-0.39, 0.29) is 18.7 Å². The molecule has 7 heteroatoms. The standard InChI is InChI=1S/C19H16F3NO3/c1-25-16-6-2-3-7-17(16)26-13-5-4-12-23-18(24)14-8-10-15(11-9-14)19(20,21)22/h2-3,6-11H,12-13H2,1H3,(H,23,24). The summed E-state index contributed by atoms with van der Waals surface area (Å²) in [7, 11) is 1.53. The van der Waals surface area contributed by atoms with Gasteiger partial charge in [-0.05, 0) is 36.4 Å². The number of carbonyl (C=O) groups excluding carboxylic acids is 1. The summed E-state index contributed by atoms with van der Waals surface area (Å²) >= 11 is 0. The summed E-state index contributed by atoms with van der Waals surface area (Å²) in [6.45, 7) is 0.158. The van der Waals surface area contributed by atoms with E-state index in [1.54, 1.807) is 18.2 Å². The van der Waals surface area contributed by atoms with E-state index in [1.807, 2.05) is 6.07 Å². The van der Waals surface area contributed by atoms with Crippen LogP contribution in [0.5, 0.6) is 11.5 Å². The molecule has 0 heterocycles. The molecule has 0 atom stereocenters. The molecule has 2 aromatic carbocycles. The third kappa shape index (κ3) is 5.45. The van der Waals surface area contributed by atoms with E-state index >= 15 is 0 Å². The highest BCUT2D eigenvalue weighted by Gasteiger charge is 2.30. The maximum Gasteiger partial charge on any atom is 0.416 e. The zero-order valence-corrected chi connectivity index (χ0v) is 13.9. The van der Waals surface area contributed by atoms with Gasteiger partial charge in [0.1, 0.15) is 6.61 Å².